The van der Waals surface area contributed by atoms with Crippen molar-refractivity contribution in [2.45, 2.75) is 68.7 Å². The Morgan fingerprint density at radius 1 is 1.07 bits per heavy atom. The van der Waals surface area contributed by atoms with Gasteiger partial charge >= 0.3 is 5.97 Å². The summed E-state index contributed by atoms with van der Waals surface area (Å²) in [4.78, 5) is 51.5. The molecule has 0 unspecified atom stereocenters. The van der Waals surface area contributed by atoms with Gasteiger partial charge < -0.3 is 25.7 Å². The molecule has 1 aliphatic rings. The highest BCUT2D eigenvalue weighted by Crippen LogP contribution is 2.31. The van der Waals surface area contributed by atoms with E-state index in [-0.39, 0.29) is 18.2 Å². The second-order valence-electron chi connectivity index (χ2n) is 10.8. The first-order valence-corrected chi connectivity index (χ1v) is 15.0. The lowest BCUT2D eigenvalue weighted by atomic mass is 10.1. The first-order valence-electron chi connectivity index (χ1n) is 14.0. The average molecular weight is 642 g/mol. The van der Waals surface area contributed by atoms with Gasteiger partial charge in [-0.1, -0.05) is 44.2 Å². The maximum Gasteiger partial charge on any atom is 0.335 e. The van der Waals surface area contributed by atoms with Crippen molar-refractivity contribution in [3.8, 4) is 0 Å². The van der Waals surface area contributed by atoms with Crippen molar-refractivity contribution in [1.29, 1.82) is 0 Å². The predicted molar refractivity (Wildman–Crippen MR) is 155 cm³/mol. The Bertz CT molecular complexity index is 1310. The number of aliphatic hydroxyl groups is 1. The van der Waals surface area contributed by atoms with Gasteiger partial charge in [0, 0.05) is 36.1 Å². The van der Waals surface area contributed by atoms with Crippen LogP contribution in [0.1, 0.15) is 48.2 Å². The number of carbonyl (C=O) groups is 4. The summed E-state index contributed by atoms with van der Waals surface area (Å²) in [6, 6.07) is 7.88. The molecule has 0 aliphatic carbocycles. The van der Waals surface area contributed by atoms with Crippen molar-refractivity contribution in [3.63, 3.8) is 0 Å². The van der Waals surface area contributed by atoms with E-state index in [9.17, 15) is 41.8 Å². The van der Waals surface area contributed by atoms with Crippen LogP contribution in [0.25, 0.3) is 0 Å². The molecule has 1 saturated heterocycles. The van der Waals surface area contributed by atoms with Gasteiger partial charge in [0.15, 0.2) is 0 Å². The molecule has 3 amide bonds. The monoisotopic (exact) mass is 641 g/mol. The molecule has 0 bridgehead atoms. The number of carboxylic acid groups (broad SMARTS) is 1. The van der Waals surface area contributed by atoms with Gasteiger partial charge in [0.1, 0.15) is 29.8 Å². The lowest BCUT2D eigenvalue weighted by Crippen LogP contribution is -2.55. The molecule has 2 aromatic rings. The van der Waals surface area contributed by atoms with Crippen molar-refractivity contribution in [2.75, 3.05) is 13.1 Å². The predicted octanol–water partition coefficient (Wildman–Crippen LogP) is 3.38. The summed E-state index contributed by atoms with van der Waals surface area (Å²) in [6.45, 7) is 3.00. The third-order valence-electron chi connectivity index (χ3n) is 7.17. The average Bonchev–Trinajstić information content (AvgIpc) is 3.40. The number of likely N-dealkylation sites (tertiary alicyclic amines) is 1. The molecule has 0 aromatic heterocycles. The highest BCUT2D eigenvalue weighted by atomic mass is 32.2. The van der Waals surface area contributed by atoms with Gasteiger partial charge in [-0.05, 0) is 36.5 Å². The molecule has 0 spiro atoms. The number of benzene rings is 2. The number of carbonyl (C=O) groups excluding carboxylic acids is 3. The minimum absolute atomic E-state index is 0.127. The van der Waals surface area contributed by atoms with Crippen molar-refractivity contribution >= 4 is 35.5 Å². The van der Waals surface area contributed by atoms with E-state index in [0.29, 0.717) is 17.9 Å². The highest BCUT2D eigenvalue weighted by Gasteiger charge is 2.43. The number of carboxylic acids is 1. The number of aromatic carboxylic acids is 1. The minimum Gasteiger partial charge on any atom is -0.478 e. The lowest BCUT2D eigenvalue weighted by molar-refractivity contribution is -0.147. The molecular formula is C30H35F4N3O6S. The van der Waals surface area contributed by atoms with Crippen LogP contribution in [-0.4, -0.2) is 81.8 Å². The zero-order valence-corrected chi connectivity index (χ0v) is 25.0. The van der Waals surface area contributed by atoms with Gasteiger partial charge in [-0.3, -0.25) is 14.4 Å². The first-order chi connectivity index (χ1) is 20.8. The lowest BCUT2D eigenvalue weighted by Gasteiger charge is -2.28. The summed E-state index contributed by atoms with van der Waals surface area (Å²) < 4.78 is 55.3. The summed E-state index contributed by atoms with van der Waals surface area (Å²) in [5.74, 6) is -6.26. The fourth-order valence-corrected chi connectivity index (χ4v) is 5.94. The summed E-state index contributed by atoms with van der Waals surface area (Å²) >= 11 is 1.50. The molecule has 1 fully saturated rings. The molecule has 240 valence electrons. The van der Waals surface area contributed by atoms with E-state index in [4.69, 9.17) is 5.11 Å². The molecule has 9 nitrogen and oxygen atoms in total. The number of aliphatic hydroxyl groups excluding tert-OH is 1. The Labute approximate surface area is 256 Å². The fourth-order valence-electron chi connectivity index (χ4n) is 4.73. The summed E-state index contributed by atoms with van der Waals surface area (Å²) in [6.07, 6.45) is -5.71. The van der Waals surface area contributed by atoms with Crippen molar-refractivity contribution in [3.05, 3.63) is 70.8 Å². The number of rotatable bonds is 14. The zero-order chi connectivity index (χ0) is 32.6. The molecule has 44 heavy (non-hydrogen) atoms. The number of nitrogens with zero attached hydrogens (tertiary/aromatic N) is 1. The van der Waals surface area contributed by atoms with Crippen LogP contribution in [0.15, 0.2) is 42.5 Å². The number of amides is 3. The van der Waals surface area contributed by atoms with Gasteiger partial charge in [-0.2, -0.15) is 11.8 Å². The minimum atomic E-state index is -3.00. The van der Waals surface area contributed by atoms with Crippen molar-refractivity contribution in [1.82, 2.24) is 15.5 Å². The summed E-state index contributed by atoms with van der Waals surface area (Å²) in [5.41, 5.74) is -0.0853. The Morgan fingerprint density at radius 3 is 2.27 bits per heavy atom. The zero-order valence-electron chi connectivity index (χ0n) is 24.1. The fraction of sp³-hybridized carbons (Fsp3) is 0.467. The highest BCUT2D eigenvalue weighted by molar-refractivity contribution is 7.99. The van der Waals surface area contributed by atoms with Gasteiger partial charge in [0.2, 0.25) is 18.2 Å². The van der Waals surface area contributed by atoms with Crippen LogP contribution in [0, 0.1) is 17.6 Å². The number of hydrogen-bond acceptors (Lipinski definition) is 6. The number of alkyl halides is 2. The third-order valence-corrected chi connectivity index (χ3v) is 8.48. The molecule has 1 aliphatic heterocycles. The molecular weight excluding hydrogens is 606 g/mol. The van der Waals surface area contributed by atoms with Crippen LogP contribution in [-0.2, 0) is 26.6 Å². The largest absolute Gasteiger partial charge is 0.478 e. The number of nitrogens with one attached hydrogen (secondary N) is 2. The summed E-state index contributed by atoms with van der Waals surface area (Å²) in [5, 5.41) is 23.7. The van der Waals surface area contributed by atoms with Gasteiger partial charge in [0.25, 0.3) is 5.91 Å². The normalized spacial score (nSPS) is 17.9. The smallest absolute Gasteiger partial charge is 0.335 e. The van der Waals surface area contributed by atoms with Crippen LogP contribution < -0.4 is 10.6 Å². The van der Waals surface area contributed by atoms with Crippen LogP contribution in [0.2, 0.25) is 0 Å². The first kappa shape index (κ1) is 34.8. The molecule has 4 N–H and O–H groups in total. The number of halogens is 4. The number of hydrogen-bond donors (Lipinski definition) is 4. The molecule has 14 heteroatoms. The van der Waals surface area contributed by atoms with E-state index in [1.165, 1.54) is 16.7 Å². The maximum absolute atomic E-state index is 14.2. The Hall–Kier alpha value is -3.65. The van der Waals surface area contributed by atoms with E-state index in [1.807, 2.05) is 30.3 Å². The van der Waals surface area contributed by atoms with Gasteiger partial charge in [-0.15, -0.1) is 0 Å². The molecule has 2 aromatic carbocycles. The Morgan fingerprint density at radius 2 is 1.70 bits per heavy atom. The quantitative estimate of drug-likeness (QED) is 0.232. The SMILES string of the molecule is CC(C)[C@H](O)C(=O)N1C[C@H](SCc2ccccc2)C[C@H]1C(=O)N[C@@H](CC(F)F)C(=O)NCCc1c(F)cc(C(=O)O)cc1F. The molecule has 4 atom stereocenters. The van der Waals surface area contributed by atoms with Gasteiger partial charge in [-0.25, -0.2) is 22.4 Å². The molecule has 1 heterocycles. The van der Waals surface area contributed by atoms with E-state index < -0.39 is 96.4 Å². The van der Waals surface area contributed by atoms with Crippen molar-refractivity contribution < 1.29 is 47.0 Å². The standard InChI is InChI=1S/C30H35F4N3O6S/c1-16(2)26(38)29(41)37-14-19(44-15-17-6-4-3-5-7-17)12-24(37)28(40)36-23(13-25(33)34)27(39)35-9-8-20-21(31)10-18(30(42)43)11-22(20)32/h3-7,10-11,16,19,23-26,38H,8-9,12-15H2,1-2H3,(H,35,39)(H,36,40)(H,42,43)/t19-,23+,24+,26+/m1/s1. The summed E-state index contributed by atoms with van der Waals surface area (Å²) in [7, 11) is 0. The number of thioether (sulfide) groups is 1. The van der Waals surface area contributed by atoms with Crippen molar-refractivity contribution in [2.24, 2.45) is 5.92 Å². The third kappa shape index (κ3) is 9.42. The van der Waals surface area contributed by atoms with Gasteiger partial charge in [0.05, 0.1) is 5.56 Å². The van der Waals surface area contributed by atoms with E-state index in [1.54, 1.807) is 13.8 Å². The van der Waals surface area contributed by atoms with E-state index in [2.05, 4.69) is 10.6 Å². The van der Waals surface area contributed by atoms with Crippen LogP contribution >= 0.6 is 11.8 Å². The molecule has 0 radical (unpaired) electrons. The second-order valence-corrected chi connectivity index (χ2v) is 12.1. The topological polar surface area (TPSA) is 136 Å². The van der Waals surface area contributed by atoms with Crippen LogP contribution in [0.3, 0.4) is 0 Å². The molecule has 3 rings (SSSR count). The second kappa shape index (κ2) is 15.9. The van der Waals surface area contributed by atoms with Crippen LogP contribution in [0.4, 0.5) is 17.6 Å². The van der Waals surface area contributed by atoms with E-state index >= 15 is 0 Å². The molecule has 0 saturated carbocycles. The maximum atomic E-state index is 14.2. The van der Waals surface area contributed by atoms with E-state index in [0.717, 1.165) is 5.56 Å². The Balaban J connectivity index is 1.69. The Kier molecular flexibility index (Phi) is 12.6. The van der Waals surface area contributed by atoms with Crippen LogP contribution in [0.5, 0.6) is 0 Å².